The van der Waals surface area contributed by atoms with Crippen LogP contribution in [-0.2, 0) is 11.2 Å². The molecule has 0 saturated heterocycles. The van der Waals surface area contributed by atoms with E-state index in [4.69, 9.17) is 9.47 Å². The van der Waals surface area contributed by atoms with E-state index in [0.29, 0.717) is 0 Å². The zero-order valence-corrected chi connectivity index (χ0v) is 15.1. The van der Waals surface area contributed by atoms with Gasteiger partial charge in [0, 0.05) is 5.69 Å². The van der Waals surface area contributed by atoms with Crippen LogP contribution in [-0.4, -0.2) is 19.1 Å². The molecule has 0 atom stereocenters. The van der Waals surface area contributed by atoms with Gasteiger partial charge in [0.2, 0.25) is 0 Å². The van der Waals surface area contributed by atoms with Crippen molar-refractivity contribution in [1.29, 1.82) is 0 Å². The number of hydrogen-bond donors (Lipinski definition) is 1. The Labute approximate surface area is 150 Å². The van der Waals surface area contributed by atoms with Crippen LogP contribution in [0.3, 0.4) is 0 Å². The average Bonchev–Trinajstić information content (AvgIpc) is 2.65. The highest BCUT2D eigenvalue weighted by Crippen LogP contribution is 2.19. The average molecular weight is 341 g/mol. The molecule has 134 valence electrons. The smallest absolute Gasteiger partial charge is 0.262 e. The van der Waals surface area contributed by atoms with Crippen LogP contribution in [0.15, 0.2) is 48.5 Å². The lowest BCUT2D eigenvalue weighted by molar-refractivity contribution is -0.118. The molecule has 0 radical (unpaired) electrons. The number of rotatable bonds is 10. The van der Waals surface area contributed by atoms with Gasteiger partial charge in [-0.15, -0.1) is 0 Å². The number of benzene rings is 2. The Kier molecular flexibility index (Phi) is 7.83. The van der Waals surface area contributed by atoms with Crippen LogP contribution in [0, 0.1) is 0 Å². The number of carbonyl (C=O) groups excluding carboxylic acids is 1. The normalized spacial score (nSPS) is 10.3. The van der Waals surface area contributed by atoms with E-state index >= 15 is 0 Å². The predicted octanol–water partition coefficient (Wildman–Crippen LogP) is 4.84. The minimum atomic E-state index is -0.178. The summed E-state index contributed by atoms with van der Waals surface area (Å²) in [7, 11) is 0. The van der Waals surface area contributed by atoms with Gasteiger partial charge in [0.05, 0.1) is 6.61 Å². The fourth-order valence-electron chi connectivity index (χ4n) is 2.45. The fraction of sp³-hybridized carbons (Fsp3) is 0.381. The summed E-state index contributed by atoms with van der Waals surface area (Å²) in [5.74, 6) is 1.40. The van der Waals surface area contributed by atoms with E-state index in [1.165, 1.54) is 12.8 Å². The quantitative estimate of drug-likeness (QED) is 0.629. The molecule has 0 aliphatic rings. The molecule has 2 aromatic rings. The number of aryl methyl sites for hydroxylation is 1. The number of hydrogen-bond acceptors (Lipinski definition) is 3. The summed E-state index contributed by atoms with van der Waals surface area (Å²) < 4.78 is 11.3. The SMILES string of the molecule is CCCCCOc1ccc(NC(=O)COc2ccccc2CC)cc1. The van der Waals surface area contributed by atoms with Crippen molar-refractivity contribution in [2.75, 3.05) is 18.5 Å². The van der Waals surface area contributed by atoms with Crippen molar-refractivity contribution >= 4 is 11.6 Å². The molecule has 0 aliphatic heterocycles. The van der Waals surface area contributed by atoms with E-state index in [1.54, 1.807) is 0 Å². The Morgan fingerprint density at radius 1 is 0.960 bits per heavy atom. The number of anilines is 1. The molecule has 0 saturated carbocycles. The molecule has 0 heterocycles. The molecule has 2 rings (SSSR count). The summed E-state index contributed by atoms with van der Waals surface area (Å²) in [5, 5.41) is 2.83. The maximum atomic E-state index is 12.0. The lowest BCUT2D eigenvalue weighted by Gasteiger charge is -2.11. The van der Waals surface area contributed by atoms with Crippen LogP contribution in [0.5, 0.6) is 11.5 Å². The second kappa shape index (κ2) is 10.4. The van der Waals surface area contributed by atoms with Crippen molar-refractivity contribution in [2.45, 2.75) is 39.5 Å². The van der Waals surface area contributed by atoms with Crippen molar-refractivity contribution in [3.05, 3.63) is 54.1 Å². The van der Waals surface area contributed by atoms with Gasteiger partial charge in [-0.25, -0.2) is 0 Å². The van der Waals surface area contributed by atoms with E-state index in [-0.39, 0.29) is 12.5 Å². The standard InChI is InChI=1S/C21H27NO3/c1-3-5-8-15-24-19-13-11-18(12-14-19)22-21(23)16-25-20-10-7-6-9-17(20)4-2/h6-7,9-14H,3-5,8,15-16H2,1-2H3,(H,22,23). The van der Waals surface area contributed by atoms with Gasteiger partial charge in [-0.05, 0) is 48.7 Å². The monoisotopic (exact) mass is 341 g/mol. The number of unbranched alkanes of at least 4 members (excludes halogenated alkanes) is 2. The van der Waals surface area contributed by atoms with Crippen molar-refractivity contribution in [1.82, 2.24) is 0 Å². The zero-order valence-electron chi connectivity index (χ0n) is 15.1. The third kappa shape index (κ3) is 6.49. The molecule has 25 heavy (non-hydrogen) atoms. The molecular formula is C21H27NO3. The highest BCUT2D eigenvalue weighted by molar-refractivity contribution is 5.91. The summed E-state index contributed by atoms with van der Waals surface area (Å²) in [4.78, 5) is 12.0. The summed E-state index contributed by atoms with van der Waals surface area (Å²) in [5.41, 5.74) is 1.83. The van der Waals surface area contributed by atoms with E-state index in [2.05, 4.69) is 19.2 Å². The molecule has 0 aromatic heterocycles. The first-order chi connectivity index (χ1) is 12.2. The predicted molar refractivity (Wildman–Crippen MR) is 101 cm³/mol. The molecule has 0 unspecified atom stereocenters. The Hall–Kier alpha value is -2.49. The van der Waals surface area contributed by atoms with Crippen molar-refractivity contribution in [3.8, 4) is 11.5 Å². The highest BCUT2D eigenvalue weighted by atomic mass is 16.5. The summed E-state index contributed by atoms with van der Waals surface area (Å²) in [6.45, 7) is 4.95. The lowest BCUT2D eigenvalue weighted by Crippen LogP contribution is -2.20. The summed E-state index contributed by atoms with van der Waals surface area (Å²) >= 11 is 0. The van der Waals surface area contributed by atoms with Crippen molar-refractivity contribution in [3.63, 3.8) is 0 Å². The fourth-order valence-corrected chi connectivity index (χ4v) is 2.45. The van der Waals surface area contributed by atoms with E-state index < -0.39 is 0 Å². The molecule has 0 fully saturated rings. The van der Waals surface area contributed by atoms with Gasteiger partial charge in [0.25, 0.3) is 5.91 Å². The second-order valence-corrected chi connectivity index (χ2v) is 5.88. The molecule has 4 nitrogen and oxygen atoms in total. The Morgan fingerprint density at radius 2 is 1.72 bits per heavy atom. The Balaban J connectivity index is 1.78. The number of amides is 1. The van der Waals surface area contributed by atoms with Gasteiger partial charge in [-0.3, -0.25) is 4.79 Å². The molecule has 0 spiro atoms. The second-order valence-electron chi connectivity index (χ2n) is 5.88. The maximum absolute atomic E-state index is 12.0. The largest absolute Gasteiger partial charge is 0.494 e. The van der Waals surface area contributed by atoms with Gasteiger partial charge in [-0.1, -0.05) is 44.9 Å². The first kappa shape index (κ1) is 18.8. The molecule has 2 aromatic carbocycles. The summed E-state index contributed by atoms with van der Waals surface area (Å²) in [6, 6.07) is 15.2. The van der Waals surface area contributed by atoms with Crippen LogP contribution in [0.2, 0.25) is 0 Å². The maximum Gasteiger partial charge on any atom is 0.262 e. The molecule has 0 bridgehead atoms. The number of ether oxygens (including phenoxy) is 2. The minimum absolute atomic E-state index is 0.00766. The van der Waals surface area contributed by atoms with Gasteiger partial charge in [0.1, 0.15) is 11.5 Å². The lowest BCUT2D eigenvalue weighted by atomic mass is 10.1. The molecule has 1 N–H and O–H groups in total. The van der Waals surface area contributed by atoms with Crippen LogP contribution in [0.1, 0.15) is 38.7 Å². The molecule has 1 amide bonds. The van der Waals surface area contributed by atoms with Crippen molar-refractivity contribution in [2.24, 2.45) is 0 Å². The molecule has 4 heteroatoms. The Morgan fingerprint density at radius 3 is 2.44 bits per heavy atom. The number of carbonyl (C=O) groups is 1. The molecule has 0 aliphatic carbocycles. The van der Waals surface area contributed by atoms with Gasteiger partial charge in [-0.2, -0.15) is 0 Å². The van der Waals surface area contributed by atoms with Crippen molar-refractivity contribution < 1.29 is 14.3 Å². The van der Waals surface area contributed by atoms with Crippen LogP contribution in [0.4, 0.5) is 5.69 Å². The van der Waals surface area contributed by atoms with Gasteiger partial charge >= 0.3 is 0 Å². The van der Waals surface area contributed by atoms with Crippen LogP contribution >= 0.6 is 0 Å². The van der Waals surface area contributed by atoms with E-state index in [0.717, 1.165) is 42.2 Å². The summed E-state index contributed by atoms with van der Waals surface area (Å²) in [6.07, 6.45) is 4.29. The van der Waals surface area contributed by atoms with E-state index in [9.17, 15) is 4.79 Å². The number of nitrogens with one attached hydrogen (secondary N) is 1. The third-order valence-corrected chi connectivity index (χ3v) is 3.87. The minimum Gasteiger partial charge on any atom is -0.494 e. The van der Waals surface area contributed by atoms with Crippen LogP contribution in [0.25, 0.3) is 0 Å². The Bertz CT molecular complexity index is 652. The zero-order chi connectivity index (χ0) is 17.9. The van der Waals surface area contributed by atoms with E-state index in [1.807, 2.05) is 48.5 Å². The third-order valence-electron chi connectivity index (χ3n) is 3.87. The van der Waals surface area contributed by atoms with Gasteiger partial charge in [0.15, 0.2) is 6.61 Å². The van der Waals surface area contributed by atoms with Crippen LogP contribution < -0.4 is 14.8 Å². The first-order valence-electron chi connectivity index (χ1n) is 8.96. The topological polar surface area (TPSA) is 47.6 Å². The van der Waals surface area contributed by atoms with Gasteiger partial charge < -0.3 is 14.8 Å². The first-order valence-corrected chi connectivity index (χ1v) is 8.96. The number of para-hydroxylation sites is 1. The highest BCUT2D eigenvalue weighted by Gasteiger charge is 2.06. The molecular weight excluding hydrogens is 314 g/mol.